The first-order chi connectivity index (χ1) is 14.1. The molecule has 0 unspecified atom stereocenters. The summed E-state index contributed by atoms with van der Waals surface area (Å²) in [6.45, 7) is 4.55. The first kappa shape index (κ1) is 18.7. The van der Waals surface area contributed by atoms with Gasteiger partial charge in [-0.05, 0) is 25.5 Å². The average molecular weight is 385 g/mol. The molecule has 2 N–H and O–H groups in total. The molecule has 0 saturated heterocycles. The molecule has 0 fully saturated rings. The molecule has 4 rings (SSSR count). The second-order valence-corrected chi connectivity index (χ2v) is 7.06. The number of amides is 1. The van der Waals surface area contributed by atoms with Gasteiger partial charge in [-0.2, -0.15) is 0 Å². The number of nitrogens with one attached hydrogen (secondary N) is 2. The zero-order chi connectivity index (χ0) is 20.2. The molecule has 2 aromatic carbocycles. The van der Waals surface area contributed by atoms with Crippen LogP contribution in [0.5, 0.6) is 0 Å². The molecule has 0 aliphatic heterocycles. The molecule has 0 aliphatic carbocycles. The van der Waals surface area contributed by atoms with Crippen molar-refractivity contribution in [3.63, 3.8) is 0 Å². The summed E-state index contributed by atoms with van der Waals surface area (Å²) in [6, 6.07) is 16.0. The van der Waals surface area contributed by atoms with Crippen molar-refractivity contribution in [3.8, 4) is 22.8 Å². The van der Waals surface area contributed by atoms with Crippen LogP contribution in [0.3, 0.4) is 0 Å². The number of aromatic nitrogens is 4. The lowest BCUT2D eigenvalue weighted by atomic mass is 10.1. The molecule has 146 valence electrons. The highest BCUT2D eigenvalue weighted by atomic mass is 16.1. The Morgan fingerprint density at radius 2 is 1.93 bits per heavy atom. The smallest absolute Gasteiger partial charge is 0.226 e. The molecule has 6 nitrogen and oxygen atoms in total. The number of rotatable bonds is 6. The van der Waals surface area contributed by atoms with Gasteiger partial charge in [0.15, 0.2) is 5.82 Å². The molecule has 1 amide bonds. The summed E-state index contributed by atoms with van der Waals surface area (Å²) in [5, 5.41) is 3.00. The Kier molecular flexibility index (Phi) is 5.24. The van der Waals surface area contributed by atoms with Crippen molar-refractivity contribution in [3.05, 3.63) is 78.4 Å². The first-order valence-corrected chi connectivity index (χ1v) is 9.59. The third-order valence-electron chi connectivity index (χ3n) is 4.84. The molecular formula is C23H23N5O. The normalized spacial score (nSPS) is 10.8. The van der Waals surface area contributed by atoms with Crippen LogP contribution in [-0.2, 0) is 11.3 Å². The summed E-state index contributed by atoms with van der Waals surface area (Å²) in [5.74, 6) is 0.702. The fourth-order valence-corrected chi connectivity index (χ4v) is 3.39. The Bertz CT molecular complexity index is 1110. The van der Waals surface area contributed by atoms with Crippen molar-refractivity contribution in [2.24, 2.45) is 0 Å². The number of hydrogen-bond acceptors (Lipinski definition) is 3. The van der Waals surface area contributed by atoms with E-state index < -0.39 is 0 Å². The zero-order valence-corrected chi connectivity index (χ0v) is 16.5. The largest absolute Gasteiger partial charge is 0.343 e. The highest BCUT2D eigenvalue weighted by molar-refractivity contribution is 5.91. The maximum Gasteiger partial charge on any atom is 0.226 e. The Morgan fingerprint density at radius 1 is 1.10 bits per heavy atom. The maximum absolute atomic E-state index is 12.5. The molecule has 0 aliphatic rings. The minimum atomic E-state index is -0.0303. The Balaban J connectivity index is 1.54. The van der Waals surface area contributed by atoms with Crippen LogP contribution in [0.2, 0.25) is 0 Å². The topological polar surface area (TPSA) is 75.6 Å². The number of benzene rings is 2. The van der Waals surface area contributed by atoms with Crippen LogP contribution >= 0.6 is 0 Å². The molecule has 0 saturated carbocycles. The van der Waals surface area contributed by atoms with Gasteiger partial charge >= 0.3 is 0 Å². The minimum Gasteiger partial charge on any atom is -0.343 e. The number of nitrogens with zero attached hydrogens (tertiary/aromatic N) is 3. The average Bonchev–Trinajstić information content (AvgIpc) is 3.38. The molecule has 2 heterocycles. The van der Waals surface area contributed by atoms with E-state index in [0.717, 1.165) is 34.0 Å². The van der Waals surface area contributed by atoms with E-state index in [1.54, 1.807) is 18.7 Å². The van der Waals surface area contributed by atoms with Gasteiger partial charge in [0.2, 0.25) is 5.91 Å². The molecule has 0 spiro atoms. The molecule has 0 bridgehead atoms. The van der Waals surface area contributed by atoms with E-state index in [2.05, 4.69) is 26.3 Å². The predicted octanol–water partition coefficient (Wildman–Crippen LogP) is 4.59. The van der Waals surface area contributed by atoms with E-state index in [-0.39, 0.29) is 5.91 Å². The maximum atomic E-state index is 12.5. The Labute approximate surface area is 169 Å². The van der Waals surface area contributed by atoms with Crippen LogP contribution in [0, 0.1) is 13.8 Å². The summed E-state index contributed by atoms with van der Waals surface area (Å²) in [5.41, 5.74) is 5.81. The molecule has 6 heteroatoms. The fraction of sp³-hybridized carbons (Fsp3) is 0.174. The molecular weight excluding hydrogens is 362 g/mol. The van der Waals surface area contributed by atoms with Crippen molar-refractivity contribution in [1.82, 2.24) is 19.5 Å². The lowest BCUT2D eigenvalue weighted by Crippen LogP contribution is -2.15. The van der Waals surface area contributed by atoms with Gasteiger partial charge in [-0.3, -0.25) is 4.79 Å². The van der Waals surface area contributed by atoms with Gasteiger partial charge in [0.1, 0.15) is 5.69 Å². The molecule has 2 aromatic heterocycles. The van der Waals surface area contributed by atoms with Crippen LogP contribution < -0.4 is 5.32 Å². The summed E-state index contributed by atoms with van der Waals surface area (Å²) >= 11 is 0. The number of imidazole rings is 2. The van der Waals surface area contributed by atoms with Gasteiger partial charge in [0, 0.05) is 36.6 Å². The standard InChI is InChI=1S/C23H23N5O/c1-16-8-9-19(17(2)14-16)27-20(29)10-13-28-15-26-21(18-6-4-3-5-7-18)22(28)23-24-11-12-25-23/h3-9,11-12,14-15H,10,13H2,1-2H3,(H,24,25)(H,27,29). The van der Waals surface area contributed by atoms with E-state index in [9.17, 15) is 4.79 Å². The molecule has 29 heavy (non-hydrogen) atoms. The SMILES string of the molecule is Cc1ccc(NC(=O)CCn2cnc(-c3ccccc3)c2-c2ncc[nH]2)c(C)c1. The lowest BCUT2D eigenvalue weighted by molar-refractivity contribution is -0.116. The van der Waals surface area contributed by atoms with Crippen molar-refractivity contribution >= 4 is 11.6 Å². The van der Waals surface area contributed by atoms with Crippen molar-refractivity contribution < 1.29 is 4.79 Å². The number of H-pyrrole nitrogens is 1. The van der Waals surface area contributed by atoms with Crippen molar-refractivity contribution in [1.29, 1.82) is 0 Å². The highest BCUT2D eigenvalue weighted by Crippen LogP contribution is 2.29. The number of anilines is 1. The highest BCUT2D eigenvalue weighted by Gasteiger charge is 2.17. The van der Waals surface area contributed by atoms with E-state index in [1.807, 2.05) is 60.9 Å². The number of carbonyl (C=O) groups excluding carboxylic acids is 1. The third kappa shape index (κ3) is 4.11. The summed E-state index contributed by atoms with van der Waals surface area (Å²) < 4.78 is 1.97. The van der Waals surface area contributed by atoms with Gasteiger partial charge in [0.25, 0.3) is 0 Å². The summed E-state index contributed by atoms with van der Waals surface area (Å²) in [7, 11) is 0. The second kappa shape index (κ2) is 8.14. The van der Waals surface area contributed by atoms with Crippen LogP contribution in [0.15, 0.2) is 67.3 Å². The lowest BCUT2D eigenvalue weighted by Gasteiger charge is -2.11. The van der Waals surface area contributed by atoms with Gasteiger partial charge < -0.3 is 14.9 Å². The Morgan fingerprint density at radius 3 is 2.66 bits per heavy atom. The summed E-state index contributed by atoms with van der Waals surface area (Å²) in [6.07, 6.45) is 5.61. The van der Waals surface area contributed by atoms with E-state index >= 15 is 0 Å². The van der Waals surface area contributed by atoms with Crippen LogP contribution in [0.1, 0.15) is 17.5 Å². The number of aromatic amines is 1. The predicted molar refractivity (Wildman–Crippen MR) is 114 cm³/mol. The molecule has 0 radical (unpaired) electrons. The van der Waals surface area contributed by atoms with Gasteiger partial charge in [0.05, 0.1) is 12.0 Å². The van der Waals surface area contributed by atoms with E-state index in [0.29, 0.717) is 13.0 Å². The quantitative estimate of drug-likeness (QED) is 0.510. The van der Waals surface area contributed by atoms with Crippen molar-refractivity contribution in [2.75, 3.05) is 5.32 Å². The third-order valence-corrected chi connectivity index (χ3v) is 4.84. The monoisotopic (exact) mass is 385 g/mol. The number of hydrogen-bond donors (Lipinski definition) is 2. The van der Waals surface area contributed by atoms with Crippen LogP contribution in [0.25, 0.3) is 22.8 Å². The van der Waals surface area contributed by atoms with Gasteiger partial charge in [-0.25, -0.2) is 9.97 Å². The first-order valence-electron chi connectivity index (χ1n) is 9.59. The Hall–Kier alpha value is -3.67. The van der Waals surface area contributed by atoms with E-state index in [1.165, 1.54) is 5.56 Å². The summed E-state index contributed by atoms with van der Waals surface area (Å²) in [4.78, 5) is 24.7. The van der Waals surface area contributed by atoms with Crippen LogP contribution in [0.4, 0.5) is 5.69 Å². The van der Waals surface area contributed by atoms with Gasteiger partial charge in [-0.1, -0.05) is 48.0 Å². The van der Waals surface area contributed by atoms with Crippen LogP contribution in [-0.4, -0.2) is 25.4 Å². The molecule has 4 aromatic rings. The fourth-order valence-electron chi connectivity index (χ4n) is 3.39. The molecule has 0 atom stereocenters. The zero-order valence-electron chi connectivity index (χ0n) is 16.5. The van der Waals surface area contributed by atoms with Crippen molar-refractivity contribution in [2.45, 2.75) is 26.8 Å². The number of carbonyl (C=O) groups is 1. The van der Waals surface area contributed by atoms with Gasteiger partial charge in [-0.15, -0.1) is 0 Å². The number of aryl methyl sites for hydroxylation is 3. The second-order valence-electron chi connectivity index (χ2n) is 7.06. The minimum absolute atomic E-state index is 0.0303. The van der Waals surface area contributed by atoms with E-state index in [4.69, 9.17) is 0 Å².